The van der Waals surface area contributed by atoms with Crippen LogP contribution in [-0.2, 0) is 16.0 Å². The molecule has 2 bridgehead atoms. The van der Waals surface area contributed by atoms with Crippen molar-refractivity contribution in [3.8, 4) is 0 Å². The average Bonchev–Trinajstić information content (AvgIpc) is 2.91. The number of fused-ring (bicyclic) bond motifs is 2. The van der Waals surface area contributed by atoms with Crippen LogP contribution in [0.3, 0.4) is 0 Å². The van der Waals surface area contributed by atoms with Gasteiger partial charge in [-0.1, -0.05) is 60.7 Å². The lowest BCUT2D eigenvalue weighted by Crippen LogP contribution is -2.37. The minimum Gasteiger partial charge on any atom is -0.352 e. The molecular weight excluding hydrogens is 322 g/mol. The fraction of sp³-hybridized carbons (Fsp3) is 0.391. The molecule has 2 aromatic carbocycles. The van der Waals surface area contributed by atoms with Gasteiger partial charge in [0.15, 0.2) is 6.29 Å². The van der Waals surface area contributed by atoms with Crippen LogP contribution in [0, 0.1) is 0 Å². The molecule has 0 amide bonds. The molecule has 0 aliphatic carbocycles. The molecule has 3 heteroatoms. The van der Waals surface area contributed by atoms with Gasteiger partial charge in [0.2, 0.25) is 0 Å². The van der Waals surface area contributed by atoms with E-state index in [1.807, 2.05) is 0 Å². The molecule has 0 radical (unpaired) electrons. The van der Waals surface area contributed by atoms with E-state index in [0.29, 0.717) is 12.1 Å². The van der Waals surface area contributed by atoms with Crippen molar-refractivity contribution >= 4 is 5.57 Å². The second kappa shape index (κ2) is 7.75. The molecule has 136 valence electrons. The third kappa shape index (κ3) is 3.35. The van der Waals surface area contributed by atoms with E-state index in [0.717, 1.165) is 18.5 Å². The van der Waals surface area contributed by atoms with Crippen LogP contribution >= 0.6 is 0 Å². The van der Waals surface area contributed by atoms with Crippen molar-refractivity contribution in [2.75, 3.05) is 14.2 Å². The fourth-order valence-electron chi connectivity index (χ4n) is 4.50. The highest BCUT2D eigenvalue weighted by Crippen LogP contribution is 2.41. The van der Waals surface area contributed by atoms with Crippen molar-refractivity contribution in [1.82, 2.24) is 4.90 Å². The van der Waals surface area contributed by atoms with Gasteiger partial charge in [-0.15, -0.1) is 0 Å². The zero-order valence-corrected chi connectivity index (χ0v) is 15.6. The fourth-order valence-corrected chi connectivity index (χ4v) is 4.50. The molecule has 2 aliphatic heterocycles. The van der Waals surface area contributed by atoms with Crippen LogP contribution in [-0.4, -0.2) is 31.2 Å². The van der Waals surface area contributed by atoms with E-state index in [1.165, 1.54) is 29.5 Å². The van der Waals surface area contributed by atoms with Gasteiger partial charge >= 0.3 is 0 Å². The topological polar surface area (TPSA) is 21.7 Å². The molecule has 2 heterocycles. The average molecular weight is 349 g/mol. The SMILES string of the molecule is COC(OC)c1ccccc1C1=CC2CCC(C1)N2Cc1ccccc1. The Morgan fingerprint density at radius 3 is 2.42 bits per heavy atom. The van der Waals surface area contributed by atoms with Crippen LogP contribution in [0.25, 0.3) is 5.57 Å². The third-order valence-electron chi connectivity index (χ3n) is 5.74. The molecule has 1 fully saturated rings. The number of rotatable bonds is 6. The van der Waals surface area contributed by atoms with E-state index in [1.54, 1.807) is 14.2 Å². The molecule has 0 aromatic heterocycles. The molecule has 3 nitrogen and oxygen atoms in total. The lowest BCUT2D eigenvalue weighted by molar-refractivity contribution is -0.106. The van der Waals surface area contributed by atoms with Gasteiger partial charge < -0.3 is 9.47 Å². The predicted octanol–water partition coefficient (Wildman–Crippen LogP) is 4.80. The molecule has 26 heavy (non-hydrogen) atoms. The Hall–Kier alpha value is -1.94. The summed E-state index contributed by atoms with van der Waals surface area (Å²) >= 11 is 0. The molecule has 1 saturated heterocycles. The van der Waals surface area contributed by atoms with Gasteiger partial charge in [0, 0.05) is 38.4 Å². The van der Waals surface area contributed by atoms with Crippen LogP contribution < -0.4 is 0 Å². The maximum atomic E-state index is 5.53. The Morgan fingerprint density at radius 1 is 0.962 bits per heavy atom. The maximum Gasteiger partial charge on any atom is 0.183 e. The van der Waals surface area contributed by atoms with Crippen molar-refractivity contribution in [1.29, 1.82) is 0 Å². The summed E-state index contributed by atoms with van der Waals surface area (Å²) in [7, 11) is 3.40. The lowest BCUT2D eigenvalue weighted by Gasteiger charge is -2.35. The van der Waals surface area contributed by atoms with Crippen LogP contribution in [0.1, 0.15) is 42.2 Å². The summed E-state index contributed by atoms with van der Waals surface area (Å²) in [5.74, 6) is 0. The number of hydrogen-bond donors (Lipinski definition) is 0. The maximum absolute atomic E-state index is 5.53. The van der Waals surface area contributed by atoms with E-state index in [2.05, 4.69) is 65.6 Å². The van der Waals surface area contributed by atoms with E-state index in [-0.39, 0.29) is 6.29 Å². The highest BCUT2D eigenvalue weighted by atomic mass is 16.7. The summed E-state index contributed by atoms with van der Waals surface area (Å²) in [6.07, 6.45) is 5.79. The minimum atomic E-state index is -0.313. The van der Waals surface area contributed by atoms with Crippen molar-refractivity contribution in [3.63, 3.8) is 0 Å². The Labute approximate surface area is 156 Å². The zero-order chi connectivity index (χ0) is 17.9. The summed E-state index contributed by atoms with van der Waals surface area (Å²) in [5, 5.41) is 0. The number of benzene rings is 2. The first-order valence-electron chi connectivity index (χ1n) is 9.45. The van der Waals surface area contributed by atoms with Crippen molar-refractivity contribution in [2.45, 2.75) is 44.2 Å². The summed E-state index contributed by atoms with van der Waals surface area (Å²) in [5.41, 5.74) is 5.24. The molecular formula is C23H27NO2. The van der Waals surface area contributed by atoms with Gasteiger partial charge in [-0.25, -0.2) is 0 Å². The van der Waals surface area contributed by atoms with Crippen LogP contribution in [0.5, 0.6) is 0 Å². The summed E-state index contributed by atoms with van der Waals surface area (Å²) < 4.78 is 11.1. The highest BCUT2D eigenvalue weighted by Gasteiger charge is 2.37. The monoisotopic (exact) mass is 349 g/mol. The molecule has 4 rings (SSSR count). The summed E-state index contributed by atoms with van der Waals surface area (Å²) in [6.45, 7) is 1.04. The molecule has 2 aromatic rings. The first kappa shape index (κ1) is 17.5. The molecule has 0 spiro atoms. The zero-order valence-electron chi connectivity index (χ0n) is 15.6. The van der Waals surface area contributed by atoms with Crippen LogP contribution in [0.4, 0.5) is 0 Å². The summed E-state index contributed by atoms with van der Waals surface area (Å²) in [6, 6.07) is 20.5. The second-order valence-corrected chi connectivity index (χ2v) is 7.24. The van der Waals surface area contributed by atoms with Crippen molar-refractivity contribution < 1.29 is 9.47 Å². The lowest BCUT2D eigenvalue weighted by atomic mass is 9.91. The number of ether oxygens (including phenoxy) is 2. The Bertz CT molecular complexity index is 767. The highest BCUT2D eigenvalue weighted by molar-refractivity contribution is 5.70. The molecule has 2 atom stereocenters. The molecule has 2 unspecified atom stereocenters. The standard InChI is InChI=1S/C23H27NO2/c1-25-23(26-2)22-11-7-6-10-21(22)18-14-19-12-13-20(15-18)24(19)16-17-8-4-3-5-9-17/h3-11,14,19-20,23H,12-13,15-16H2,1-2H3. The third-order valence-corrected chi connectivity index (χ3v) is 5.74. The molecule has 2 aliphatic rings. The van der Waals surface area contributed by atoms with E-state index >= 15 is 0 Å². The van der Waals surface area contributed by atoms with E-state index in [9.17, 15) is 0 Å². The Morgan fingerprint density at radius 2 is 1.69 bits per heavy atom. The molecule has 0 saturated carbocycles. The predicted molar refractivity (Wildman–Crippen MR) is 105 cm³/mol. The first-order chi connectivity index (χ1) is 12.8. The molecule has 0 N–H and O–H groups in total. The van der Waals surface area contributed by atoms with Gasteiger partial charge in [-0.3, -0.25) is 4.90 Å². The Balaban J connectivity index is 1.60. The van der Waals surface area contributed by atoms with Gasteiger partial charge in [-0.05, 0) is 36.0 Å². The number of methoxy groups -OCH3 is 2. The Kier molecular flexibility index (Phi) is 5.21. The smallest absolute Gasteiger partial charge is 0.183 e. The quantitative estimate of drug-likeness (QED) is 0.699. The first-order valence-corrected chi connectivity index (χ1v) is 9.45. The van der Waals surface area contributed by atoms with Crippen LogP contribution in [0.2, 0.25) is 0 Å². The van der Waals surface area contributed by atoms with Gasteiger partial charge in [-0.2, -0.15) is 0 Å². The van der Waals surface area contributed by atoms with Crippen molar-refractivity contribution in [3.05, 3.63) is 77.4 Å². The van der Waals surface area contributed by atoms with Gasteiger partial charge in [0.1, 0.15) is 0 Å². The number of hydrogen-bond acceptors (Lipinski definition) is 3. The van der Waals surface area contributed by atoms with Gasteiger partial charge in [0.05, 0.1) is 0 Å². The van der Waals surface area contributed by atoms with Crippen LogP contribution in [0.15, 0.2) is 60.7 Å². The van der Waals surface area contributed by atoms with Gasteiger partial charge in [0.25, 0.3) is 0 Å². The largest absolute Gasteiger partial charge is 0.352 e. The minimum absolute atomic E-state index is 0.313. The summed E-state index contributed by atoms with van der Waals surface area (Å²) in [4.78, 5) is 2.67. The number of nitrogens with zero attached hydrogens (tertiary/aromatic N) is 1. The normalized spacial score (nSPS) is 22.7. The van der Waals surface area contributed by atoms with E-state index in [4.69, 9.17) is 9.47 Å². The second-order valence-electron chi connectivity index (χ2n) is 7.24. The van der Waals surface area contributed by atoms with E-state index < -0.39 is 0 Å². The van der Waals surface area contributed by atoms with Crippen molar-refractivity contribution in [2.24, 2.45) is 0 Å².